The zero-order valence-corrected chi connectivity index (χ0v) is 11.6. The Bertz CT molecular complexity index is 537. The second-order valence-electron chi connectivity index (χ2n) is 5.20. The molecule has 0 fully saturated rings. The molecule has 1 heterocycles. The summed E-state index contributed by atoms with van der Waals surface area (Å²) >= 11 is 6.18. The van der Waals surface area contributed by atoms with Crippen LogP contribution in [-0.2, 0) is 6.42 Å². The van der Waals surface area contributed by atoms with Gasteiger partial charge in [-0.05, 0) is 42.5 Å². The minimum atomic E-state index is 0.177. The molecule has 0 aliphatic heterocycles. The molecule has 1 unspecified atom stereocenters. The predicted molar refractivity (Wildman–Crippen MR) is 77.9 cm³/mol. The highest BCUT2D eigenvalue weighted by molar-refractivity contribution is 6.35. The highest BCUT2D eigenvalue weighted by Crippen LogP contribution is 2.25. The molecule has 0 saturated carbocycles. The number of benzene rings is 1. The van der Waals surface area contributed by atoms with Crippen molar-refractivity contribution in [2.45, 2.75) is 32.7 Å². The number of rotatable bonds is 4. The molecule has 1 atom stereocenters. The van der Waals surface area contributed by atoms with Gasteiger partial charge in [0, 0.05) is 22.6 Å². The lowest BCUT2D eigenvalue weighted by Crippen LogP contribution is -2.24. The fourth-order valence-corrected chi connectivity index (χ4v) is 2.55. The van der Waals surface area contributed by atoms with Gasteiger partial charge in [-0.25, -0.2) is 0 Å². The molecule has 1 aromatic heterocycles. The molecule has 96 valence electrons. The number of pyridine rings is 1. The second kappa shape index (κ2) is 5.68. The number of nitrogens with two attached hydrogens (primary N) is 1. The number of fused-ring (bicyclic) bond motifs is 1. The van der Waals surface area contributed by atoms with Gasteiger partial charge in [0.15, 0.2) is 0 Å². The van der Waals surface area contributed by atoms with E-state index in [1.54, 1.807) is 6.20 Å². The number of nitrogens with zero attached hydrogens (tertiary/aromatic N) is 1. The molecule has 2 nitrogen and oxygen atoms in total. The minimum Gasteiger partial charge on any atom is -0.327 e. The van der Waals surface area contributed by atoms with Crippen molar-refractivity contribution in [3.05, 3.63) is 41.0 Å². The van der Waals surface area contributed by atoms with Gasteiger partial charge in [0.05, 0.1) is 5.52 Å². The molecule has 0 amide bonds. The monoisotopic (exact) mass is 262 g/mol. The first-order valence-corrected chi connectivity index (χ1v) is 6.73. The van der Waals surface area contributed by atoms with Crippen LogP contribution in [0.3, 0.4) is 0 Å². The highest BCUT2D eigenvalue weighted by Gasteiger charge is 2.11. The average molecular weight is 263 g/mol. The number of halogens is 1. The van der Waals surface area contributed by atoms with Crippen LogP contribution in [0.25, 0.3) is 10.9 Å². The minimum absolute atomic E-state index is 0.177. The Morgan fingerprint density at radius 2 is 2.06 bits per heavy atom. The maximum atomic E-state index is 6.18. The van der Waals surface area contributed by atoms with Crippen molar-refractivity contribution in [3.8, 4) is 0 Å². The molecule has 0 radical (unpaired) electrons. The third-order valence-corrected chi connectivity index (χ3v) is 3.39. The van der Waals surface area contributed by atoms with Gasteiger partial charge in [-0.15, -0.1) is 0 Å². The Morgan fingerprint density at radius 3 is 2.78 bits per heavy atom. The van der Waals surface area contributed by atoms with E-state index in [1.165, 1.54) is 5.56 Å². The van der Waals surface area contributed by atoms with Crippen LogP contribution in [0, 0.1) is 5.92 Å². The largest absolute Gasteiger partial charge is 0.327 e. The zero-order chi connectivity index (χ0) is 13.1. The van der Waals surface area contributed by atoms with Gasteiger partial charge in [-0.1, -0.05) is 31.5 Å². The van der Waals surface area contributed by atoms with Crippen LogP contribution in [0.15, 0.2) is 30.5 Å². The van der Waals surface area contributed by atoms with Crippen molar-refractivity contribution in [2.24, 2.45) is 11.7 Å². The van der Waals surface area contributed by atoms with Crippen molar-refractivity contribution < 1.29 is 0 Å². The molecule has 2 rings (SSSR count). The van der Waals surface area contributed by atoms with Gasteiger partial charge in [0.2, 0.25) is 0 Å². The first-order valence-electron chi connectivity index (χ1n) is 6.35. The number of hydrogen-bond donors (Lipinski definition) is 1. The Morgan fingerprint density at radius 1 is 1.28 bits per heavy atom. The normalized spacial score (nSPS) is 13.2. The first kappa shape index (κ1) is 13.3. The summed E-state index contributed by atoms with van der Waals surface area (Å²) in [6, 6.07) is 8.06. The summed E-state index contributed by atoms with van der Waals surface area (Å²) in [6.07, 6.45) is 3.68. The van der Waals surface area contributed by atoms with E-state index in [0.29, 0.717) is 5.92 Å². The molecule has 2 N–H and O–H groups in total. The summed E-state index contributed by atoms with van der Waals surface area (Å²) in [5.41, 5.74) is 8.33. The van der Waals surface area contributed by atoms with Crippen LogP contribution in [0.5, 0.6) is 0 Å². The molecular weight excluding hydrogens is 244 g/mol. The second-order valence-corrected chi connectivity index (χ2v) is 5.61. The molecule has 0 aliphatic carbocycles. The molecule has 0 bridgehead atoms. The quantitative estimate of drug-likeness (QED) is 0.910. The predicted octanol–water partition coefficient (Wildman–Crippen LogP) is 3.80. The summed E-state index contributed by atoms with van der Waals surface area (Å²) in [4.78, 5) is 4.43. The molecule has 0 aliphatic rings. The van der Waals surface area contributed by atoms with Gasteiger partial charge >= 0.3 is 0 Å². The van der Waals surface area contributed by atoms with Crippen LogP contribution in [0.1, 0.15) is 25.8 Å². The standard InChI is InChI=1S/C15H19ClN2/c1-10(2)8-12(17)9-11-5-6-14(16)13-4-3-7-18-15(11)13/h3-7,10,12H,8-9,17H2,1-2H3. The number of hydrogen-bond acceptors (Lipinski definition) is 2. The van der Waals surface area contributed by atoms with E-state index >= 15 is 0 Å². The van der Waals surface area contributed by atoms with E-state index in [-0.39, 0.29) is 6.04 Å². The third kappa shape index (κ3) is 3.01. The average Bonchev–Trinajstić information content (AvgIpc) is 2.32. The van der Waals surface area contributed by atoms with E-state index in [0.717, 1.165) is 28.8 Å². The zero-order valence-electron chi connectivity index (χ0n) is 10.9. The van der Waals surface area contributed by atoms with Gasteiger partial charge < -0.3 is 5.73 Å². The smallest absolute Gasteiger partial charge is 0.0749 e. The summed E-state index contributed by atoms with van der Waals surface area (Å²) < 4.78 is 0. The van der Waals surface area contributed by atoms with Crippen LogP contribution in [0.4, 0.5) is 0 Å². The van der Waals surface area contributed by atoms with Gasteiger partial charge in [0.1, 0.15) is 0 Å². The van der Waals surface area contributed by atoms with Crippen molar-refractivity contribution in [1.29, 1.82) is 0 Å². The molecule has 18 heavy (non-hydrogen) atoms. The van der Waals surface area contributed by atoms with Crippen LogP contribution >= 0.6 is 11.6 Å². The lowest BCUT2D eigenvalue weighted by molar-refractivity contribution is 0.494. The Labute approximate surface area is 113 Å². The summed E-state index contributed by atoms with van der Waals surface area (Å²) in [6.45, 7) is 4.39. The van der Waals surface area contributed by atoms with Crippen molar-refractivity contribution >= 4 is 22.5 Å². The molecule has 0 spiro atoms. The van der Waals surface area contributed by atoms with Crippen molar-refractivity contribution in [1.82, 2.24) is 4.98 Å². The maximum absolute atomic E-state index is 6.18. The molecular formula is C15H19ClN2. The topological polar surface area (TPSA) is 38.9 Å². The molecule has 0 saturated heterocycles. The molecule has 3 heteroatoms. The van der Waals surface area contributed by atoms with Gasteiger partial charge in [-0.3, -0.25) is 4.98 Å². The fraction of sp³-hybridized carbons (Fsp3) is 0.400. The highest BCUT2D eigenvalue weighted by atomic mass is 35.5. The van der Waals surface area contributed by atoms with E-state index in [9.17, 15) is 0 Å². The Balaban J connectivity index is 2.31. The van der Waals surface area contributed by atoms with Gasteiger partial charge in [-0.2, -0.15) is 0 Å². The first-order chi connectivity index (χ1) is 8.58. The fourth-order valence-electron chi connectivity index (χ4n) is 2.33. The van der Waals surface area contributed by atoms with E-state index in [4.69, 9.17) is 17.3 Å². The summed E-state index contributed by atoms with van der Waals surface area (Å²) in [5, 5.41) is 1.76. The maximum Gasteiger partial charge on any atom is 0.0749 e. The Hall–Kier alpha value is -1.12. The van der Waals surface area contributed by atoms with Crippen molar-refractivity contribution in [2.75, 3.05) is 0 Å². The van der Waals surface area contributed by atoms with Crippen molar-refractivity contribution in [3.63, 3.8) is 0 Å². The summed E-state index contributed by atoms with van der Waals surface area (Å²) in [7, 11) is 0. The van der Waals surface area contributed by atoms with Gasteiger partial charge in [0.25, 0.3) is 0 Å². The van der Waals surface area contributed by atoms with Crippen LogP contribution in [0.2, 0.25) is 5.02 Å². The van der Waals surface area contributed by atoms with E-state index in [1.807, 2.05) is 24.3 Å². The lowest BCUT2D eigenvalue weighted by atomic mass is 9.96. The number of aromatic nitrogens is 1. The molecule has 1 aromatic carbocycles. The third-order valence-electron chi connectivity index (χ3n) is 3.06. The van der Waals surface area contributed by atoms with E-state index < -0.39 is 0 Å². The van der Waals surface area contributed by atoms with Crippen LogP contribution < -0.4 is 5.73 Å². The van der Waals surface area contributed by atoms with Crippen LogP contribution in [-0.4, -0.2) is 11.0 Å². The Kier molecular flexibility index (Phi) is 4.20. The molecule has 2 aromatic rings. The lowest BCUT2D eigenvalue weighted by Gasteiger charge is -2.15. The SMILES string of the molecule is CC(C)CC(N)Cc1ccc(Cl)c2cccnc12. The van der Waals surface area contributed by atoms with E-state index in [2.05, 4.69) is 18.8 Å². The summed E-state index contributed by atoms with van der Waals surface area (Å²) in [5.74, 6) is 0.617.